The maximum Gasteiger partial charge on any atom is 0.407 e. The van der Waals surface area contributed by atoms with Crippen LogP contribution in [0.4, 0.5) is 4.79 Å². The van der Waals surface area contributed by atoms with Crippen molar-refractivity contribution in [2.45, 2.75) is 51.5 Å². The molecule has 162 valence electrons. The summed E-state index contributed by atoms with van der Waals surface area (Å²) in [7, 11) is 0. The third-order valence-electron chi connectivity index (χ3n) is 5.12. The zero-order valence-corrected chi connectivity index (χ0v) is 18.1. The van der Waals surface area contributed by atoms with E-state index in [2.05, 4.69) is 22.3 Å². The molecule has 0 bridgehead atoms. The maximum absolute atomic E-state index is 12.0. The van der Waals surface area contributed by atoms with Gasteiger partial charge in [0.15, 0.2) is 0 Å². The Labute approximate surface area is 179 Å². The van der Waals surface area contributed by atoms with E-state index in [1.54, 1.807) is 0 Å². The highest BCUT2D eigenvalue weighted by atomic mass is 16.6. The Morgan fingerprint density at radius 1 is 1.17 bits per heavy atom. The number of carbonyl (C=O) groups is 1. The second-order valence-corrected chi connectivity index (χ2v) is 8.72. The molecule has 1 saturated heterocycles. The molecule has 30 heavy (non-hydrogen) atoms. The Morgan fingerprint density at radius 2 is 1.87 bits per heavy atom. The van der Waals surface area contributed by atoms with Crippen molar-refractivity contribution in [3.63, 3.8) is 0 Å². The van der Waals surface area contributed by atoms with E-state index < -0.39 is 5.60 Å². The van der Waals surface area contributed by atoms with Gasteiger partial charge >= 0.3 is 6.09 Å². The number of rotatable bonds is 7. The molecule has 2 aromatic rings. The van der Waals surface area contributed by atoms with Crippen molar-refractivity contribution in [3.05, 3.63) is 65.7 Å². The standard InChI is InChI=1S/C24H33N3O3/c1-24(2,3)30-23(28)26-20-13-14-27(16-20)22(15-25)19-9-11-21(12-10-19)29-17-18-7-5-4-6-8-18/h4-12,20,22H,13-17,25H2,1-3H3,(H,26,28)/t20-,22-/m1/s1. The molecule has 0 aliphatic carbocycles. The second kappa shape index (κ2) is 9.96. The van der Waals surface area contributed by atoms with Gasteiger partial charge in [0.1, 0.15) is 18.0 Å². The van der Waals surface area contributed by atoms with Crippen molar-refractivity contribution in [3.8, 4) is 5.75 Å². The number of nitrogens with zero attached hydrogens (tertiary/aromatic N) is 1. The minimum absolute atomic E-state index is 0.0716. The number of carbonyl (C=O) groups excluding carboxylic acids is 1. The van der Waals surface area contributed by atoms with Crippen LogP contribution in [-0.2, 0) is 11.3 Å². The first-order valence-electron chi connectivity index (χ1n) is 10.5. The highest BCUT2D eigenvalue weighted by Crippen LogP contribution is 2.26. The number of hydrogen-bond acceptors (Lipinski definition) is 5. The minimum Gasteiger partial charge on any atom is -0.489 e. The molecule has 0 radical (unpaired) electrons. The molecule has 1 fully saturated rings. The number of hydrogen-bond donors (Lipinski definition) is 2. The monoisotopic (exact) mass is 411 g/mol. The summed E-state index contributed by atoms with van der Waals surface area (Å²) < 4.78 is 11.2. The zero-order valence-electron chi connectivity index (χ0n) is 18.1. The van der Waals surface area contributed by atoms with Gasteiger partial charge in [0.2, 0.25) is 0 Å². The lowest BCUT2D eigenvalue weighted by atomic mass is 10.1. The molecule has 2 aromatic carbocycles. The normalized spacial score (nSPS) is 18.1. The Morgan fingerprint density at radius 3 is 2.50 bits per heavy atom. The van der Waals surface area contributed by atoms with E-state index in [9.17, 15) is 4.79 Å². The summed E-state index contributed by atoms with van der Waals surface area (Å²) >= 11 is 0. The Kier molecular flexibility index (Phi) is 7.34. The first kappa shape index (κ1) is 22.1. The molecule has 1 aliphatic heterocycles. The number of nitrogens with one attached hydrogen (secondary N) is 1. The molecule has 2 atom stereocenters. The summed E-state index contributed by atoms with van der Waals surface area (Å²) in [6.07, 6.45) is 0.521. The fourth-order valence-corrected chi connectivity index (χ4v) is 3.69. The molecule has 6 heteroatoms. The number of alkyl carbamates (subject to hydrolysis) is 1. The van der Waals surface area contributed by atoms with Gasteiger partial charge in [-0.05, 0) is 50.5 Å². The molecule has 1 amide bonds. The lowest BCUT2D eigenvalue weighted by Crippen LogP contribution is -2.41. The van der Waals surface area contributed by atoms with Crippen molar-refractivity contribution in [1.29, 1.82) is 0 Å². The summed E-state index contributed by atoms with van der Waals surface area (Å²) in [5.74, 6) is 0.837. The minimum atomic E-state index is -0.494. The maximum atomic E-state index is 12.0. The summed E-state index contributed by atoms with van der Waals surface area (Å²) in [4.78, 5) is 14.4. The summed E-state index contributed by atoms with van der Waals surface area (Å²) in [5.41, 5.74) is 7.90. The van der Waals surface area contributed by atoms with Crippen LogP contribution in [0.1, 0.15) is 44.4 Å². The molecule has 0 aromatic heterocycles. The number of benzene rings is 2. The largest absolute Gasteiger partial charge is 0.489 e. The Hall–Kier alpha value is -2.57. The predicted octanol–water partition coefficient (Wildman–Crippen LogP) is 3.86. The third-order valence-corrected chi connectivity index (χ3v) is 5.12. The van der Waals surface area contributed by atoms with E-state index in [0.29, 0.717) is 13.2 Å². The van der Waals surface area contributed by atoms with Crippen molar-refractivity contribution in [2.24, 2.45) is 5.73 Å². The molecule has 3 N–H and O–H groups in total. The Balaban J connectivity index is 1.53. The van der Waals surface area contributed by atoms with Crippen molar-refractivity contribution in [2.75, 3.05) is 19.6 Å². The average Bonchev–Trinajstić information content (AvgIpc) is 3.15. The van der Waals surface area contributed by atoms with E-state index in [1.165, 1.54) is 0 Å². The fourth-order valence-electron chi connectivity index (χ4n) is 3.69. The number of amides is 1. The van der Waals surface area contributed by atoms with Crippen LogP contribution >= 0.6 is 0 Å². The molecule has 1 aliphatic rings. The SMILES string of the molecule is CC(C)(C)OC(=O)N[C@@H]1CCN([C@H](CN)c2ccc(OCc3ccccc3)cc2)C1. The molecule has 6 nitrogen and oxygen atoms in total. The highest BCUT2D eigenvalue weighted by Gasteiger charge is 2.30. The number of likely N-dealkylation sites (tertiary alicyclic amines) is 1. The molecule has 0 saturated carbocycles. The van der Waals surface area contributed by atoms with E-state index >= 15 is 0 Å². The molecule has 0 spiro atoms. The van der Waals surface area contributed by atoms with Gasteiger partial charge in [0.25, 0.3) is 0 Å². The van der Waals surface area contributed by atoms with Gasteiger partial charge in [0, 0.05) is 31.7 Å². The van der Waals surface area contributed by atoms with Crippen LogP contribution in [0.25, 0.3) is 0 Å². The lowest BCUT2D eigenvalue weighted by Gasteiger charge is -2.27. The predicted molar refractivity (Wildman–Crippen MR) is 118 cm³/mol. The molecular weight excluding hydrogens is 378 g/mol. The van der Waals surface area contributed by atoms with Crippen LogP contribution in [0.15, 0.2) is 54.6 Å². The fraction of sp³-hybridized carbons (Fsp3) is 0.458. The van der Waals surface area contributed by atoms with Gasteiger partial charge in [-0.25, -0.2) is 4.79 Å². The molecule has 0 unspecified atom stereocenters. The van der Waals surface area contributed by atoms with Crippen LogP contribution in [0.5, 0.6) is 5.75 Å². The van der Waals surface area contributed by atoms with Gasteiger partial charge in [-0.1, -0.05) is 42.5 Å². The van der Waals surface area contributed by atoms with Crippen molar-refractivity contribution in [1.82, 2.24) is 10.2 Å². The summed E-state index contributed by atoms with van der Waals surface area (Å²) in [6, 6.07) is 18.4. The zero-order chi connectivity index (χ0) is 21.6. The van der Waals surface area contributed by atoms with Gasteiger partial charge < -0.3 is 20.5 Å². The van der Waals surface area contributed by atoms with E-state index in [4.69, 9.17) is 15.2 Å². The van der Waals surface area contributed by atoms with Crippen LogP contribution < -0.4 is 15.8 Å². The first-order valence-corrected chi connectivity index (χ1v) is 10.5. The average molecular weight is 412 g/mol. The number of nitrogens with two attached hydrogens (primary N) is 1. The highest BCUT2D eigenvalue weighted by molar-refractivity contribution is 5.68. The quantitative estimate of drug-likeness (QED) is 0.723. The van der Waals surface area contributed by atoms with Gasteiger partial charge in [-0.3, -0.25) is 4.90 Å². The van der Waals surface area contributed by atoms with Gasteiger partial charge in [0.05, 0.1) is 0 Å². The smallest absolute Gasteiger partial charge is 0.407 e. The summed E-state index contributed by atoms with van der Waals surface area (Å²) in [5, 5.41) is 2.97. The van der Waals surface area contributed by atoms with Gasteiger partial charge in [-0.2, -0.15) is 0 Å². The van der Waals surface area contributed by atoms with Crippen molar-refractivity contribution >= 4 is 6.09 Å². The summed E-state index contributed by atoms with van der Waals surface area (Å²) in [6.45, 7) is 8.30. The van der Waals surface area contributed by atoms with E-state index in [0.717, 1.165) is 36.4 Å². The van der Waals surface area contributed by atoms with Crippen molar-refractivity contribution < 1.29 is 14.3 Å². The van der Waals surface area contributed by atoms with Crippen LogP contribution in [-0.4, -0.2) is 42.3 Å². The first-order chi connectivity index (χ1) is 14.3. The number of ether oxygens (including phenoxy) is 2. The van der Waals surface area contributed by atoms with Crippen LogP contribution in [0, 0.1) is 0 Å². The van der Waals surface area contributed by atoms with Crippen LogP contribution in [0.2, 0.25) is 0 Å². The lowest BCUT2D eigenvalue weighted by molar-refractivity contribution is 0.0504. The molecule has 3 rings (SSSR count). The van der Waals surface area contributed by atoms with E-state index in [-0.39, 0.29) is 18.2 Å². The molecule has 1 heterocycles. The molecular formula is C24H33N3O3. The third kappa shape index (κ3) is 6.47. The van der Waals surface area contributed by atoms with E-state index in [1.807, 2.05) is 63.2 Å². The topological polar surface area (TPSA) is 76.8 Å². The van der Waals surface area contributed by atoms with Crippen LogP contribution in [0.3, 0.4) is 0 Å². The Bertz CT molecular complexity index is 803. The second-order valence-electron chi connectivity index (χ2n) is 8.72. The van der Waals surface area contributed by atoms with Gasteiger partial charge in [-0.15, -0.1) is 0 Å².